The number of carbonyl (C=O) groups excluding carboxylic acids is 2. The molecule has 0 aliphatic heterocycles. The molecule has 2 amide bonds. The van der Waals surface area contributed by atoms with Crippen molar-refractivity contribution in [3.8, 4) is 22.4 Å². The third-order valence-electron chi connectivity index (χ3n) is 3.98. The van der Waals surface area contributed by atoms with E-state index in [0.29, 0.717) is 5.82 Å². The lowest BCUT2D eigenvalue weighted by Crippen LogP contribution is -2.37. The van der Waals surface area contributed by atoms with Crippen LogP contribution in [-0.2, 0) is 9.53 Å². The molecule has 7 heteroatoms. The Labute approximate surface area is 175 Å². The zero-order valence-corrected chi connectivity index (χ0v) is 17.2. The predicted octanol–water partition coefficient (Wildman–Crippen LogP) is 4.27. The number of nitrogens with zero attached hydrogens (tertiary/aromatic N) is 2. The van der Waals surface area contributed by atoms with E-state index in [-0.39, 0.29) is 6.54 Å². The first kappa shape index (κ1) is 21.0. The molecule has 154 valence electrons. The highest BCUT2D eigenvalue weighted by Gasteiger charge is 2.16. The molecule has 0 aliphatic rings. The molecule has 0 aliphatic carbocycles. The van der Waals surface area contributed by atoms with Crippen molar-refractivity contribution in [1.82, 2.24) is 15.3 Å². The zero-order valence-electron chi connectivity index (χ0n) is 17.2. The van der Waals surface area contributed by atoms with Crippen LogP contribution in [0.4, 0.5) is 10.6 Å². The van der Waals surface area contributed by atoms with Crippen LogP contribution < -0.4 is 10.6 Å². The topological polar surface area (TPSA) is 93.2 Å². The van der Waals surface area contributed by atoms with Crippen molar-refractivity contribution in [2.45, 2.75) is 26.4 Å². The molecule has 2 N–H and O–H groups in total. The number of aromatic nitrogens is 2. The molecule has 3 aromatic rings. The molecule has 0 saturated heterocycles. The lowest BCUT2D eigenvalue weighted by Gasteiger charge is -2.19. The molecule has 1 aromatic carbocycles. The highest BCUT2D eigenvalue weighted by molar-refractivity contribution is 5.93. The van der Waals surface area contributed by atoms with Crippen molar-refractivity contribution in [1.29, 1.82) is 0 Å². The molecule has 2 heterocycles. The fourth-order valence-electron chi connectivity index (χ4n) is 2.72. The Hall–Kier alpha value is -3.74. The number of carbonyl (C=O) groups is 2. The van der Waals surface area contributed by atoms with E-state index in [1.807, 2.05) is 48.5 Å². The number of anilines is 1. The van der Waals surface area contributed by atoms with Crippen molar-refractivity contribution in [3.05, 3.63) is 67.0 Å². The number of benzene rings is 1. The summed E-state index contributed by atoms with van der Waals surface area (Å²) in [7, 11) is 0. The minimum atomic E-state index is -0.646. The van der Waals surface area contributed by atoms with Gasteiger partial charge in [-0.15, -0.1) is 0 Å². The predicted molar refractivity (Wildman–Crippen MR) is 116 cm³/mol. The summed E-state index contributed by atoms with van der Waals surface area (Å²) in [5.74, 6) is 0.00819. The fraction of sp³-hybridized carbons (Fsp3) is 0.217. The smallest absolute Gasteiger partial charge is 0.408 e. The number of rotatable bonds is 5. The van der Waals surface area contributed by atoms with Gasteiger partial charge in [0.15, 0.2) is 0 Å². The van der Waals surface area contributed by atoms with Crippen LogP contribution in [0.3, 0.4) is 0 Å². The molecular weight excluding hydrogens is 380 g/mol. The van der Waals surface area contributed by atoms with Crippen molar-refractivity contribution >= 4 is 17.8 Å². The fourth-order valence-corrected chi connectivity index (χ4v) is 2.72. The molecular formula is C23H24N4O3. The highest BCUT2D eigenvalue weighted by Crippen LogP contribution is 2.25. The monoisotopic (exact) mass is 404 g/mol. The van der Waals surface area contributed by atoms with Gasteiger partial charge in [0.1, 0.15) is 18.0 Å². The van der Waals surface area contributed by atoms with E-state index in [9.17, 15) is 9.59 Å². The maximum absolute atomic E-state index is 12.1. The average molecular weight is 404 g/mol. The van der Waals surface area contributed by atoms with E-state index in [4.69, 9.17) is 4.74 Å². The first-order valence-corrected chi connectivity index (χ1v) is 9.55. The number of hydrogen-bond acceptors (Lipinski definition) is 5. The van der Waals surface area contributed by atoms with Crippen molar-refractivity contribution < 1.29 is 14.3 Å². The van der Waals surface area contributed by atoms with E-state index in [1.54, 1.807) is 39.2 Å². The summed E-state index contributed by atoms with van der Waals surface area (Å²) in [4.78, 5) is 32.4. The third-order valence-corrected chi connectivity index (χ3v) is 3.98. The van der Waals surface area contributed by atoms with Crippen LogP contribution in [0.2, 0.25) is 0 Å². The molecule has 0 saturated carbocycles. The molecule has 7 nitrogen and oxygen atoms in total. The number of alkyl carbamates (subject to hydrolysis) is 1. The number of hydrogen-bond donors (Lipinski definition) is 2. The molecule has 30 heavy (non-hydrogen) atoms. The summed E-state index contributed by atoms with van der Waals surface area (Å²) in [6, 6.07) is 17.3. The Bertz CT molecular complexity index is 1030. The van der Waals surface area contributed by atoms with Gasteiger partial charge in [0.2, 0.25) is 5.91 Å². The van der Waals surface area contributed by atoms with Gasteiger partial charge in [-0.05, 0) is 62.2 Å². The highest BCUT2D eigenvalue weighted by atomic mass is 16.6. The van der Waals surface area contributed by atoms with Crippen LogP contribution in [0.5, 0.6) is 0 Å². The molecule has 0 bridgehead atoms. The second-order valence-electron chi connectivity index (χ2n) is 7.63. The normalized spacial score (nSPS) is 10.9. The molecule has 2 aromatic heterocycles. The summed E-state index contributed by atoms with van der Waals surface area (Å²) in [5.41, 5.74) is 3.13. The van der Waals surface area contributed by atoms with Gasteiger partial charge < -0.3 is 15.4 Å². The zero-order chi connectivity index (χ0) is 21.6. The summed E-state index contributed by atoms with van der Waals surface area (Å²) < 4.78 is 5.11. The maximum Gasteiger partial charge on any atom is 0.408 e. The molecule has 0 spiro atoms. The molecule has 0 radical (unpaired) electrons. The number of pyridine rings is 2. The van der Waals surface area contributed by atoms with Crippen molar-refractivity contribution in [2.75, 3.05) is 11.9 Å². The Kier molecular flexibility index (Phi) is 6.41. The van der Waals surface area contributed by atoms with Crippen LogP contribution in [0.15, 0.2) is 67.0 Å². The van der Waals surface area contributed by atoms with Crippen LogP contribution in [-0.4, -0.2) is 34.1 Å². The lowest BCUT2D eigenvalue weighted by atomic mass is 10.0. The molecule has 0 fully saturated rings. The molecule has 3 rings (SSSR count). The quantitative estimate of drug-likeness (QED) is 0.662. The average Bonchev–Trinajstić information content (AvgIpc) is 2.72. The van der Waals surface area contributed by atoms with Crippen molar-refractivity contribution in [2.24, 2.45) is 0 Å². The lowest BCUT2D eigenvalue weighted by molar-refractivity contribution is -0.115. The van der Waals surface area contributed by atoms with Gasteiger partial charge in [-0.2, -0.15) is 0 Å². The van der Waals surface area contributed by atoms with Gasteiger partial charge >= 0.3 is 6.09 Å². The maximum atomic E-state index is 12.1. The van der Waals surface area contributed by atoms with Gasteiger partial charge in [0.25, 0.3) is 0 Å². The minimum absolute atomic E-state index is 0.210. The van der Waals surface area contributed by atoms with Gasteiger partial charge in [-0.3, -0.25) is 9.78 Å². The van der Waals surface area contributed by atoms with E-state index in [2.05, 4.69) is 20.6 Å². The Morgan fingerprint density at radius 2 is 1.63 bits per heavy atom. The first-order chi connectivity index (χ1) is 14.3. The van der Waals surface area contributed by atoms with E-state index in [0.717, 1.165) is 22.4 Å². The third kappa shape index (κ3) is 6.13. The van der Waals surface area contributed by atoms with E-state index in [1.165, 1.54) is 0 Å². The molecule has 0 unspecified atom stereocenters. The van der Waals surface area contributed by atoms with Crippen LogP contribution in [0.25, 0.3) is 22.4 Å². The Morgan fingerprint density at radius 1 is 0.933 bits per heavy atom. The van der Waals surface area contributed by atoms with E-state index >= 15 is 0 Å². The Morgan fingerprint density at radius 3 is 2.37 bits per heavy atom. The van der Waals surface area contributed by atoms with Gasteiger partial charge in [-0.1, -0.05) is 24.3 Å². The van der Waals surface area contributed by atoms with Crippen LogP contribution in [0.1, 0.15) is 20.8 Å². The summed E-state index contributed by atoms with van der Waals surface area (Å²) >= 11 is 0. The summed E-state index contributed by atoms with van der Waals surface area (Å²) in [6.07, 6.45) is 2.86. The second-order valence-corrected chi connectivity index (χ2v) is 7.63. The van der Waals surface area contributed by atoms with Gasteiger partial charge in [0, 0.05) is 18.0 Å². The summed E-state index contributed by atoms with van der Waals surface area (Å²) in [6.45, 7) is 5.06. The minimum Gasteiger partial charge on any atom is -0.444 e. The number of ether oxygens (including phenoxy) is 1. The van der Waals surface area contributed by atoms with Crippen molar-refractivity contribution in [3.63, 3.8) is 0 Å². The van der Waals surface area contributed by atoms with Crippen LogP contribution in [0, 0.1) is 0 Å². The van der Waals surface area contributed by atoms with Gasteiger partial charge in [-0.25, -0.2) is 9.78 Å². The number of nitrogens with one attached hydrogen (secondary N) is 2. The largest absolute Gasteiger partial charge is 0.444 e. The van der Waals surface area contributed by atoms with Gasteiger partial charge in [0.05, 0.1) is 5.69 Å². The first-order valence-electron chi connectivity index (χ1n) is 9.55. The number of amides is 2. The van der Waals surface area contributed by atoms with Crippen LogP contribution >= 0.6 is 0 Å². The molecule has 0 atom stereocenters. The second kappa shape index (κ2) is 9.17. The van der Waals surface area contributed by atoms with E-state index < -0.39 is 17.6 Å². The summed E-state index contributed by atoms with van der Waals surface area (Å²) in [5, 5.41) is 5.11. The Balaban J connectivity index is 1.67. The SMILES string of the molecule is CC(C)(C)OC(=O)NCC(=O)Nc1cccc(-c2cccc(-c3ccncc3)c2)n1. The standard InChI is InChI=1S/C23H24N4O3/c1-23(2,3)30-22(29)25-15-21(28)27-20-9-5-8-19(26-20)18-7-4-6-17(14-18)16-10-12-24-13-11-16/h4-14H,15H2,1-3H3,(H,25,29)(H,26,27,28).